The zero-order chi connectivity index (χ0) is 15.4. The van der Waals surface area contributed by atoms with Crippen molar-refractivity contribution in [1.29, 1.82) is 10.5 Å². The van der Waals surface area contributed by atoms with Crippen molar-refractivity contribution in [2.45, 2.75) is 0 Å². The maximum atomic E-state index is 14.4. The SMILES string of the molecule is CNc1c(F)c(C#N)c(C#N)c(F)c1Nc1ccccc1. The van der Waals surface area contributed by atoms with E-state index >= 15 is 0 Å². The van der Waals surface area contributed by atoms with Gasteiger partial charge >= 0.3 is 0 Å². The quantitative estimate of drug-likeness (QED) is 0.905. The average Bonchev–Trinajstić information content (AvgIpc) is 2.51. The van der Waals surface area contributed by atoms with Gasteiger partial charge in [0, 0.05) is 12.7 Å². The Labute approximate surface area is 120 Å². The Bertz CT molecular complexity index is 754. The number of nitrogens with zero attached hydrogens (tertiary/aromatic N) is 2. The second-order valence-corrected chi connectivity index (χ2v) is 4.09. The Morgan fingerprint density at radius 3 is 1.90 bits per heavy atom. The molecule has 2 aromatic carbocycles. The molecule has 0 aromatic heterocycles. The van der Waals surface area contributed by atoms with Gasteiger partial charge in [-0.3, -0.25) is 0 Å². The molecule has 2 N–H and O–H groups in total. The lowest BCUT2D eigenvalue weighted by Crippen LogP contribution is -2.07. The van der Waals surface area contributed by atoms with E-state index in [1.54, 1.807) is 30.3 Å². The highest BCUT2D eigenvalue weighted by Crippen LogP contribution is 2.35. The minimum atomic E-state index is -0.969. The second kappa shape index (κ2) is 5.89. The van der Waals surface area contributed by atoms with Gasteiger partial charge in [0.15, 0.2) is 11.6 Å². The Balaban J connectivity index is 2.69. The van der Waals surface area contributed by atoms with E-state index in [4.69, 9.17) is 10.5 Å². The molecule has 0 amide bonds. The molecule has 0 unspecified atom stereocenters. The number of anilines is 3. The highest BCUT2D eigenvalue weighted by atomic mass is 19.1. The van der Waals surface area contributed by atoms with Crippen LogP contribution in [0.5, 0.6) is 0 Å². The Hall–Kier alpha value is -3.12. The summed E-state index contributed by atoms with van der Waals surface area (Å²) < 4.78 is 28.6. The predicted molar refractivity (Wildman–Crippen MR) is 75.1 cm³/mol. The van der Waals surface area contributed by atoms with Crippen molar-refractivity contribution in [2.24, 2.45) is 0 Å². The number of hydrogen-bond donors (Lipinski definition) is 2. The average molecular weight is 284 g/mol. The third-order valence-corrected chi connectivity index (χ3v) is 2.89. The summed E-state index contributed by atoms with van der Waals surface area (Å²) in [5, 5.41) is 23.1. The third-order valence-electron chi connectivity index (χ3n) is 2.89. The van der Waals surface area contributed by atoms with Crippen molar-refractivity contribution in [3.05, 3.63) is 53.1 Å². The van der Waals surface area contributed by atoms with E-state index in [0.29, 0.717) is 5.69 Å². The molecule has 0 bridgehead atoms. The molecule has 0 fully saturated rings. The lowest BCUT2D eigenvalue weighted by Gasteiger charge is -2.15. The van der Waals surface area contributed by atoms with Gasteiger partial charge in [0.2, 0.25) is 0 Å². The van der Waals surface area contributed by atoms with E-state index in [-0.39, 0.29) is 11.4 Å². The predicted octanol–water partition coefficient (Wildman–Crippen LogP) is 3.49. The monoisotopic (exact) mass is 284 g/mol. The zero-order valence-corrected chi connectivity index (χ0v) is 11.0. The van der Waals surface area contributed by atoms with Gasteiger partial charge in [-0.25, -0.2) is 8.78 Å². The van der Waals surface area contributed by atoms with Crippen LogP contribution in [0.25, 0.3) is 0 Å². The van der Waals surface area contributed by atoms with Crippen LogP contribution in [-0.2, 0) is 0 Å². The molecule has 2 rings (SSSR count). The second-order valence-electron chi connectivity index (χ2n) is 4.09. The molecule has 2 aromatic rings. The lowest BCUT2D eigenvalue weighted by molar-refractivity contribution is 0.600. The van der Waals surface area contributed by atoms with Crippen LogP contribution in [0.15, 0.2) is 30.3 Å². The van der Waals surface area contributed by atoms with Crippen molar-refractivity contribution in [3.8, 4) is 12.1 Å². The van der Waals surface area contributed by atoms with Gasteiger partial charge < -0.3 is 10.6 Å². The molecular formula is C15H10F2N4. The van der Waals surface area contributed by atoms with Crippen LogP contribution in [0.4, 0.5) is 25.8 Å². The molecule has 0 atom stereocenters. The van der Waals surface area contributed by atoms with E-state index in [9.17, 15) is 8.78 Å². The summed E-state index contributed by atoms with van der Waals surface area (Å²) in [5.41, 5.74) is -1.12. The van der Waals surface area contributed by atoms with E-state index < -0.39 is 22.8 Å². The first kappa shape index (κ1) is 14.3. The molecular weight excluding hydrogens is 274 g/mol. The topological polar surface area (TPSA) is 71.6 Å². The summed E-state index contributed by atoms with van der Waals surface area (Å²) in [4.78, 5) is 0. The van der Waals surface area contributed by atoms with Gasteiger partial charge in [-0.15, -0.1) is 0 Å². The maximum absolute atomic E-state index is 14.4. The molecule has 0 spiro atoms. The summed E-state index contributed by atoms with van der Waals surface area (Å²) >= 11 is 0. The van der Waals surface area contributed by atoms with Crippen molar-refractivity contribution in [2.75, 3.05) is 17.7 Å². The first-order valence-electron chi connectivity index (χ1n) is 5.99. The molecule has 0 aliphatic rings. The molecule has 0 aliphatic carbocycles. The first-order chi connectivity index (χ1) is 10.1. The van der Waals surface area contributed by atoms with Crippen LogP contribution < -0.4 is 10.6 Å². The summed E-state index contributed by atoms with van der Waals surface area (Å²) in [6.07, 6.45) is 0. The van der Waals surface area contributed by atoms with Crippen molar-refractivity contribution < 1.29 is 8.78 Å². The highest BCUT2D eigenvalue weighted by molar-refractivity contribution is 5.79. The molecule has 0 heterocycles. The van der Waals surface area contributed by atoms with Gasteiger partial charge in [0.25, 0.3) is 0 Å². The van der Waals surface area contributed by atoms with Crippen LogP contribution in [0, 0.1) is 34.3 Å². The van der Waals surface area contributed by atoms with Crippen LogP contribution in [0.1, 0.15) is 11.1 Å². The van der Waals surface area contributed by atoms with Crippen LogP contribution in [-0.4, -0.2) is 7.05 Å². The minimum Gasteiger partial charge on any atom is -0.384 e. The van der Waals surface area contributed by atoms with E-state index in [2.05, 4.69) is 10.6 Å². The summed E-state index contributed by atoms with van der Waals surface area (Å²) in [6, 6.07) is 11.6. The molecule has 4 nitrogen and oxygen atoms in total. The Morgan fingerprint density at radius 2 is 1.43 bits per heavy atom. The van der Waals surface area contributed by atoms with Gasteiger partial charge in [0.05, 0.1) is 5.69 Å². The van der Waals surface area contributed by atoms with Crippen molar-refractivity contribution in [3.63, 3.8) is 0 Å². The van der Waals surface area contributed by atoms with Gasteiger partial charge in [-0.05, 0) is 12.1 Å². The maximum Gasteiger partial charge on any atom is 0.168 e. The number of nitriles is 2. The molecule has 0 aliphatic heterocycles. The van der Waals surface area contributed by atoms with E-state index in [0.717, 1.165) is 0 Å². The number of hydrogen-bond acceptors (Lipinski definition) is 4. The fraction of sp³-hybridized carbons (Fsp3) is 0.0667. The fourth-order valence-corrected chi connectivity index (χ4v) is 1.92. The molecule has 104 valence electrons. The third kappa shape index (κ3) is 2.47. The van der Waals surface area contributed by atoms with Crippen molar-refractivity contribution >= 4 is 17.1 Å². The van der Waals surface area contributed by atoms with Crippen LogP contribution in [0.2, 0.25) is 0 Å². The van der Waals surface area contributed by atoms with Gasteiger partial charge in [-0.2, -0.15) is 10.5 Å². The zero-order valence-electron chi connectivity index (χ0n) is 11.0. The van der Waals surface area contributed by atoms with E-state index in [1.807, 2.05) is 0 Å². The van der Waals surface area contributed by atoms with Gasteiger partial charge in [0.1, 0.15) is 29.0 Å². The van der Waals surface area contributed by atoms with E-state index in [1.165, 1.54) is 19.2 Å². The number of para-hydroxylation sites is 1. The largest absolute Gasteiger partial charge is 0.384 e. The molecule has 6 heteroatoms. The van der Waals surface area contributed by atoms with Crippen molar-refractivity contribution in [1.82, 2.24) is 0 Å². The van der Waals surface area contributed by atoms with Gasteiger partial charge in [-0.1, -0.05) is 18.2 Å². The number of halogens is 2. The Morgan fingerprint density at radius 1 is 0.905 bits per heavy atom. The molecule has 0 saturated heterocycles. The van der Waals surface area contributed by atoms with Crippen LogP contribution >= 0.6 is 0 Å². The minimum absolute atomic E-state index is 0.202. The summed E-state index contributed by atoms with van der Waals surface area (Å²) in [5.74, 6) is -1.93. The smallest absolute Gasteiger partial charge is 0.168 e. The number of nitrogens with one attached hydrogen (secondary N) is 2. The summed E-state index contributed by atoms with van der Waals surface area (Å²) in [7, 11) is 1.40. The number of benzene rings is 2. The number of rotatable bonds is 3. The highest BCUT2D eigenvalue weighted by Gasteiger charge is 2.24. The Kier molecular flexibility index (Phi) is 4.01. The summed E-state index contributed by atoms with van der Waals surface area (Å²) in [6.45, 7) is 0. The molecule has 0 radical (unpaired) electrons. The first-order valence-corrected chi connectivity index (χ1v) is 5.99. The normalized spacial score (nSPS) is 9.57. The molecule has 0 saturated carbocycles. The fourth-order valence-electron chi connectivity index (χ4n) is 1.92. The standard InChI is InChI=1S/C15H10F2N4/c1-20-14-12(16)10(7-18)11(8-19)13(17)15(14)21-9-5-3-2-4-6-9/h2-6,20-21H,1H3. The van der Waals surface area contributed by atoms with Crippen LogP contribution in [0.3, 0.4) is 0 Å². The molecule has 21 heavy (non-hydrogen) atoms. The lowest BCUT2D eigenvalue weighted by atomic mass is 10.0.